The summed E-state index contributed by atoms with van der Waals surface area (Å²) in [5, 5.41) is 12.1. The molecule has 1 aromatic heterocycles. The van der Waals surface area contributed by atoms with Crippen molar-refractivity contribution in [2.45, 2.75) is 12.8 Å². The Morgan fingerprint density at radius 1 is 1.35 bits per heavy atom. The lowest BCUT2D eigenvalue weighted by atomic mass is 9.76. The van der Waals surface area contributed by atoms with Crippen LogP contribution in [0.3, 0.4) is 0 Å². The Kier molecular flexibility index (Phi) is 2.95. The Morgan fingerprint density at radius 2 is 2.22 bits per heavy atom. The topological polar surface area (TPSA) is 61.1 Å². The van der Waals surface area contributed by atoms with Crippen LogP contribution >= 0.6 is 0 Å². The maximum Gasteiger partial charge on any atom is 0.232 e. The van der Waals surface area contributed by atoms with E-state index in [4.69, 9.17) is 5.26 Å². The van der Waals surface area contributed by atoms with Gasteiger partial charge in [0.2, 0.25) is 5.91 Å². The van der Waals surface area contributed by atoms with Gasteiger partial charge in [-0.2, -0.15) is 5.26 Å². The molecule has 0 radical (unpaired) electrons. The lowest BCUT2D eigenvalue weighted by molar-refractivity contribution is -0.125. The molecule has 5 heteroatoms. The molecule has 0 aliphatic carbocycles. The third kappa shape index (κ3) is 2.10. The van der Waals surface area contributed by atoms with Crippen LogP contribution in [0.5, 0.6) is 0 Å². The molecule has 1 spiro atoms. The van der Waals surface area contributed by atoms with Gasteiger partial charge in [-0.15, -0.1) is 0 Å². The number of aromatic nitrogens is 1. The van der Waals surface area contributed by atoms with Crippen LogP contribution in [-0.2, 0) is 18.3 Å². The normalized spacial score (nSPS) is 22.8. The van der Waals surface area contributed by atoms with Crippen molar-refractivity contribution in [3.05, 3.63) is 42.1 Å². The van der Waals surface area contributed by atoms with E-state index in [0.29, 0.717) is 19.5 Å². The average Bonchev–Trinajstić information content (AvgIpc) is 3.15. The summed E-state index contributed by atoms with van der Waals surface area (Å²) < 4.78 is 2.09. The quantitative estimate of drug-likeness (QED) is 0.823. The molecular weight excluding hydrogens is 288 g/mol. The number of aryl methyl sites for hydroxylation is 1. The molecule has 1 fully saturated rings. The molecule has 4 rings (SSSR count). The van der Waals surface area contributed by atoms with Crippen molar-refractivity contribution in [1.82, 2.24) is 9.47 Å². The largest absolute Gasteiger partial charge is 0.351 e. The van der Waals surface area contributed by atoms with Crippen molar-refractivity contribution in [1.29, 1.82) is 5.26 Å². The van der Waals surface area contributed by atoms with Crippen molar-refractivity contribution >= 4 is 11.6 Å². The molecule has 2 aliphatic heterocycles. The van der Waals surface area contributed by atoms with Crippen LogP contribution in [0.25, 0.3) is 11.3 Å². The van der Waals surface area contributed by atoms with E-state index in [9.17, 15) is 4.79 Å². The minimum absolute atomic E-state index is 0.0503. The minimum atomic E-state index is -0.463. The number of rotatable bonds is 1. The fourth-order valence-corrected chi connectivity index (χ4v) is 3.77. The SMILES string of the molecule is Cn1cccc1-c1ccc2c(c1)CC1(CCN(C#N)C1)C(=O)N2. The van der Waals surface area contributed by atoms with E-state index < -0.39 is 5.41 Å². The molecule has 2 aromatic rings. The summed E-state index contributed by atoms with van der Waals surface area (Å²) in [6.07, 6.45) is 5.63. The molecular formula is C18H18N4O. The summed E-state index contributed by atoms with van der Waals surface area (Å²) in [4.78, 5) is 14.2. The molecule has 1 N–H and O–H groups in total. The molecule has 2 aliphatic rings. The summed E-state index contributed by atoms with van der Waals surface area (Å²) in [5.74, 6) is 0.0503. The van der Waals surface area contributed by atoms with Gasteiger partial charge in [-0.1, -0.05) is 6.07 Å². The molecule has 1 amide bonds. The fraction of sp³-hybridized carbons (Fsp3) is 0.333. The number of likely N-dealkylation sites (tertiary alicyclic amines) is 1. The zero-order chi connectivity index (χ0) is 16.0. The number of carbonyl (C=O) groups is 1. The lowest BCUT2D eigenvalue weighted by Crippen LogP contribution is -2.43. The fourth-order valence-electron chi connectivity index (χ4n) is 3.77. The molecule has 1 aromatic carbocycles. The van der Waals surface area contributed by atoms with Crippen molar-refractivity contribution in [2.75, 3.05) is 18.4 Å². The summed E-state index contributed by atoms with van der Waals surface area (Å²) in [7, 11) is 2.03. The van der Waals surface area contributed by atoms with E-state index in [-0.39, 0.29) is 5.91 Å². The van der Waals surface area contributed by atoms with Gasteiger partial charge >= 0.3 is 0 Å². The molecule has 116 valence electrons. The predicted octanol–water partition coefficient (Wildman–Crippen LogP) is 2.36. The van der Waals surface area contributed by atoms with Crippen LogP contribution in [0, 0.1) is 16.9 Å². The van der Waals surface area contributed by atoms with E-state index in [1.165, 1.54) is 0 Å². The summed E-state index contributed by atoms with van der Waals surface area (Å²) >= 11 is 0. The zero-order valence-electron chi connectivity index (χ0n) is 13.0. The van der Waals surface area contributed by atoms with Crippen molar-refractivity contribution in [2.24, 2.45) is 12.5 Å². The second-order valence-corrected chi connectivity index (χ2v) is 6.56. The van der Waals surface area contributed by atoms with Crippen LogP contribution in [0.15, 0.2) is 36.5 Å². The molecule has 1 unspecified atom stereocenters. The van der Waals surface area contributed by atoms with Crippen LogP contribution in [0.2, 0.25) is 0 Å². The summed E-state index contributed by atoms with van der Waals surface area (Å²) in [6.45, 7) is 1.18. The van der Waals surface area contributed by atoms with Crippen LogP contribution in [0.4, 0.5) is 5.69 Å². The predicted molar refractivity (Wildman–Crippen MR) is 87.4 cm³/mol. The van der Waals surface area contributed by atoms with Gasteiger partial charge in [0.05, 0.1) is 5.41 Å². The van der Waals surface area contributed by atoms with E-state index in [2.05, 4.69) is 28.2 Å². The Bertz CT molecular complexity index is 832. The molecule has 0 saturated carbocycles. The van der Waals surface area contributed by atoms with Gasteiger partial charge in [-0.3, -0.25) is 4.79 Å². The first-order chi connectivity index (χ1) is 11.1. The monoisotopic (exact) mass is 306 g/mol. The number of nitrogens with zero attached hydrogens (tertiary/aromatic N) is 3. The van der Waals surface area contributed by atoms with Gasteiger partial charge in [0, 0.05) is 37.7 Å². The smallest absolute Gasteiger partial charge is 0.232 e. The number of nitrogens with one attached hydrogen (secondary N) is 1. The first-order valence-corrected chi connectivity index (χ1v) is 7.82. The number of nitriles is 1. The standard InChI is InChI=1S/C18H18N4O/c1-21-7-2-3-16(21)13-4-5-15-14(9-13)10-18(17(23)20-15)6-8-22(11-18)12-19/h2-5,7,9H,6,8,10-11H2,1H3,(H,20,23). The average molecular weight is 306 g/mol. The second kappa shape index (κ2) is 4.88. The van der Waals surface area contributed by atoms with Gasteiger partial charge in [0.1, 0.15) is 0 Å². The molecule has 1 saturated heterocycles. The van der Waals surface area contributed by atoms with Crippen molar-refractivity contribution in [3.63, 3.8) is 0 Å². The molecule has 3 heterocycles. The van der Waals surface area contributed by atoms with Gasteiger partial charge in [0.25, 0.3) is 0 Å². The zero-order valence-corrected chi connectivity index (χ0v) is 13.0. The number of benzene rings is 1. The highest BCUT2D eigenvalue weighted by molar-refractivity contribution is 5.99. The van der Waals surface area contributed by atoms with Gasteiger partial charge in [-0.05, 0) is 48.2 Å². The molecule has 1 atom stereocenters. The Hall–Kier alpha value is -2.74. The third-order valence-corrected chi connectivity index (χ3v) is 5.10. The maximum absolute atomic E-state index is 12.6. The van der Waals surface area contributed by atoms with Crippen LogP contribution < -0.4 is 5.32 Å². The van der Waals surface area contributed by atoms with E-state index in [1.807, 2.05) is 31.4 Å². The molecule has 5 nitrogen and oxygen atoms in total. The van der Waals surface area contributed by atoms with E-state index in [1.54, 1.807) is 4.90 Å². The summed E-state index contributed by atoms with van der Waals surface area (Å²) in [5.41, 5.74) is 3.90. The van der Waals surface area contributed by atoms with Gasteiger partial charge in [0.15, 0.2) is 6.19 Å². The Balaban J connectivity index is 1.72. The van der Waals surface area contributed by atoms with Crippen LogP contribution in [0.1, 0.15) is 12.0 Å². The number of hydrogen-bond acceptors (Lipinski definition) is 3. The highest BCUT2D eigenvalue weighted by Crippen LogP contribution is 2.41. The summed E-state index contributed by atoms with van der Waals surface area (Å²) in [6, 6.07) is 10.3. The third-order valence-electron chi connectivity index (χ3n) is 5.10. The van der Waals surface area contributed by atoms with Crippen molar-refractivity contribution < 1.29 is 4.79 Å². The highest BCUT2D eigenvalue weighted by Gasteiger charge is 2.47. The number of fused-ring (bicyclic) bond motifs is 1. The van der Waals surface area contributed by atoms with Gasteiger partial charge in [-0.25, -0.2) is 0 Å². The first-order valence-electron chi connectivity index (χ1n) is 7.82. The molecule has 23 heavy (non-hydrogen) atoms. The van der Waals surface area contributed by atoms with E-state index in [0.717, 1.165) is 28.9 Å². The Labute approximate surface area is 135 Å². The maximum atomic E-state index is 12.6. The Morgan fingerprint density at radius 3 is 2.91 bits per heavy atom. The highest BCUT2D eigenvalue weighted by atomic mass is 16.2. The number of carbonyl (C=O) groups excluding carboxylic acids is 1. The first kappa shape index (κ1) is 13.9. The van der Waals surface area contributed by atoms with E-state index >= 15 is 0 Å². The number of hydrogen-bond donors (Lipinski definition) is 1. The van der Waals surface area contributed by atoms with Crippen molar-refractivity contribution in [3.8, 4) is 17.5 Å². The van der Waals surface area contributed by atoms with Crippen LogP contribution in [-0.4, -0.2) is 28.5 Å². The molecule has 0 bridgehead atoms. The second-order valence-electron chi connectivity index (χ2n) is 6.56. The number of amides is 1. The van der Waals surface area contributed by atoms with Gasteiger partial charge < -0.3 is 14.8 Å². The number of anilines is 1. The minimum Gasteiger partial charge on any atom is -0.351 e. The lowest BCUT2D eigenvalue weighted by Gasteiger charge is -2.33.